The molecule has 0 aromatic heterocycles. The average molecular weight is 344 g/mol. The van der Waals surface area contributed by atoms with Gasteiger partial charge in [-0.1, -0.05) is 0 Å². The van der Waals surface area contributed by atoms with Crippen LogP contribution in [0.1, 0.15) is 11.1 Å². The molecule has 0 spiro atoms. The molecule has 11 heavy (non-hydrogen) atoms. The number of aryl methyl sites for hydroxylation is 2. The van der Waals surface area contributed by atoms with E-state index in [1.165, 1.54) is 11.1 Å². The van der Waals surface area contributed by atoms with Crippen LogP contribution in [0.15, 0.2) is 18.2 Å². The van der Waals surface area contributed by atoms with E-state index in [0.717, 1.165) is 0 Å². The van der Waals surface area contributed by atoms with Gasteiger partial charge < -0.3 is 0 Å². The summed E-state index contributed by atoms with van der Waals surface area (Å²) in [5, 5.41) is 0. The molecule has 0 saturated carbocycles. The van der Waals surface area contributed by atoms with Gasteiger partial charge in [-0.25, -0.2) is 0 Å². The van der Waals surface area contributed by atoms with Crippen molar-refractivity contribution in [3.05, 3.63) is 29.3 Å². The topological polar surface area (TPSA) is 0 Å². The molecule has 0 aliphatic heterocycles. The van der Waals surface area contributed by atoms with Gasteiger partial charge in [0, 0.05) is 0 Å². The summed E-state index contributed by atoms with van der Waals surface area (Å²) in [5.41, 5.74) is 2.89. The van der Waals surface area contributed by atoms with Crippen LogP contribution in [0.25, 0.3) is 0 Å². The fourth-order valence-electron chi connectivity index (χ4n) is 1.31. The van der Waals surface area contributed by atoms with Crippen molar-refractivity contribution in [1.82, 2.24) is 0 Å². The van der Waals surface area contributed by atoms with Crippen LogP contribution in [0.2, 0.25) is 9.26 Å². The molecule has 0 amide bonds. The van der Waals surface area contributed by atoms with Crippen molar-refractivity contribution in [2.75, 3.05) is 0 Å². The van der Waals surface area contributed by atoms with E-state index in [9.17, 15) is 0 Å². The van der Waals surface area contributed by atoms with Gasteiger partial charge in [-0.05, 0) is 0 Å². The molecule has 1 aromatic carbocycles. The van der Waals surface area contributed by atoms with Crippen LogP contribution in [-0.4, -0.2) is 21.8 Å². The van der Waals surface area contributed by atoms with Gasteiger partial charge in [0.15, 0.2) is 0 Å². The van der Waals surface area contributed by atoms with E-state index >= 15 is 0 Å². The Bertz CT molecular complexity index is 251. The van der Waals surface area contributed by atoms with Crippen molar-refractivity contribution in [1.29, 1.82) is 0 Å². The van der Waals surface area contributed by atoms with E-state index in [0.29, 0.717) is 0 Å². The van der Waals surface area contributed by atoms with Gasteiger partial charge in [-0.3, -0.25) is 0 Å². The zero-order valence-electron chi connectivity index (χ0n) is 7.68. The predicted molar refractivity (Wildman–Crippen MR) is 53.0 cm³/mol. The zero-order valence-corrected chi connectivity index (χ0v) is 11.2. The zero-order chi connectivity index (χ0) is 8.43. The summed E-state index contributed by atoms with van der Waals surface area (Å²) in [4.78, 5) is 0. The molecular formula is C10H15Bi. The van der Waals surface area contributed by atoms with Crippen molar-refractivity contribution in [2.24, 2.45) is 0 Å². The molecule has 0 aliphatic rings. The summed E-state index contributed by atoms with van der Waals surface area (Å²) in [6.07, 6.45) is 0. The Kier molecular flexibility index (Phi) is 3.07. The van der Waals surface area contributed by atoms with Crippen LogP contribution in [0.3, 0.4) is 0 Å². The Morgan fingerprint density at radius 1 is 1.09 bits per heavy atom. The monoisotopic (exact) mass is 344 g/mol. The van der Waals surface area contributed by atoms with Crippen molar-refractivity contribution in [3.8, 4) is 0 Å². The molecule has 0 saturated heterocycles. The van der Waals surface area contributed by atoms with Crippen LogP contribution in [0.5, 0.6) is 0 Å². The Balaban J connectivity index is 3.09. The summed E-state index contributed by atoms with van der Waals surface area (Å²) in [7, 11) is 0. The second-order valence-corrected chi connectivity index (χ2v) is 12.0. The van der Waals surface area contributed by atoms with Crippen LogP contribution in [-0.2, 0) is 0 Å². The fraction of sp³-hybridized carbons (Fsp3) is 0.400. The molecule has 0 nitrogen and oxygen atoms in total. The van der Waals surface area contributed by atoms with Crippen molar-refractivity contribution in [3.63, 3.8) is 0 Å². The first-order valence-corrected chi connectivity index (χ1v) is 12.5. The van der Waals surface area contributed by atoms with E-state index in [-0.39, 0.29) is 0 Å². The minimum atomic E-state index is -1.17. The molecule has 60 valence electrons. The molecule has 0 atom stereocenters. The standard InChI is InChI=1S/C8H9.2CH3.Bi/c1-7-4-3-5-8(2)6-7;;;/h3-4,6H,1-2H3;2*1H3;. The van der Waals surface area contributed by atoms with Crippen LogP contribution < -0.4 is 3.27 Å². The van der Waals surface area contributed by atoms with Crippen molar-refractivity contribution >= 4 is 25.0 Å². The van der Waals surface area contributed by atoms with Crippen LogP contribution in [0, 0.1) is 13.8 Å². The molecule has 0 N–H and O–H groups in total. The Morgan fingerprint density at radius 2 is 1.73 bits per heavy atom. The second kappa shape index (κ2) is 3.67. The molecular weight excluding hydrogens is 329 g/mol. The first kappa shape index (κ1) is 9.19. The Labute approximate surface area is 77.3 Å². The van der Waals surface area contributed by atoms with E-state index in [4.69, 9.17) is 0 Å². The fourth-order valence-corrected chi connectivity index (χ4v) is 5.75. The third kappa shape index (κ3) is 2.27. The molecule has 0 unspecified atom stereocenters. The van der Waals surface area contributed by atoms with Gasteiger partial charge >= 0.3 is 77.5 Å². The molecule has 1 heteroatoms. The summed E-state index contributed by atoms with van der Waals surface area (Å²) in [6.45, 7) is 4.39. The summed E-state index contributed by atoms with van der Waals surface area (Å²) in [6, 6.07) is 6.85. The van der Waals surface area contributed by atoms with Gasteiger partial charge in [0.1, 0.15) is 0 Å². The van der Waals surface area contributed by atoms with Gasteiger partial charge in [0.25, 0.3) is 0 Å². The van der Waals surface area contributed by atoms with E-state index in [1.54, 1.807) is 3.27 Å². The summed E-state index contributed by atoms with van der Waals surface area (Å²) < 4.78 is 6.55. The van der Waals surface area contributed by atoms with Crippen LogP contribution >= 0.6 is 0 Å². The maximum atomic E-state index is 2.44. The molecule has 0 fully saturated rings. The predicted octanol–water partition coefficient (Wildman–Crippen LogP) is 2.26. The SMILES string of the molecule is Cc1cc[c]([Bi]([CH3])[CH3])c(C)c1. The molecule has 0 heterocycles. The summed E-state index contributed by atoms with van der Waals surface area (Å²) >= 11 is -1.17. The third-order valence-electron chi connectivity index (χ3n) is 1.83. The summed E-state index contributed by atoms with van der Waals surface area (Å²) in [5.74, 6) is 0. The van der Waals surface area contributed by atoms with E-state index < -0.39 is 21.8 Å². The minimum absolute atomic E-state index is 1.17. The Hall–Kier alpha value is 0.103. The first-order chi connectivity index (χ1) is 5.11. The van der Waals surface area contributed by atoms with Crippen LogP contribution in [0.4, 0.5) is 0 Å². The van der Waals surface area contributed by atoms with Gasteiger partial charge in [-0.15, -0.1) is 0 Å². The van der Waals surface area contributed by atoms with Gasteiger partial charge in [0.05, 0.1) is 0 Å². The maximum absolute atomic E-state index is 2.44. The quantitative estimate of drug-likeness (QED) is 0.686. The number of hydrogen-bond acceptors (Lipinski definition) is 0. The van der Waals surface area contributed by atoms with E-state index in [1.807, 2.05) is 0 Å². The molecule has 0 bridgehead atoms. The number of hydrogen-bond donors (Lipinski definition) is 0. The normalized spacial score (nSPS) is 10.6. The molecule has 0 radical (unpaired) electrons. The second-order valence-electron chi connectivity index (χ2n) is 3.18. The molecule has 0 aliphatic carbocycles. The molecule has 1 aromatic rings. The van der Waals surface area contributed by atoms with Gasteiger partial charge in [0.2, 0.25) is 0 Å². The average Bonchev–Trinajstić information content (AvgIpc) is 1.85. The first-order valence-electron chi connectivity index (χ1n) is 3.86. The number of benzene rings is 1. The Morgan fingerprint density at radius 3 is 2.18 bits per heavy atom. The van der Waals surface area contributed by atoms with Crippen molar-refractivity contribution < 1.29 is 0 Å². The van der Waals surface area contributed by atoms with Gasteiger partial charge in [-0.2, -0.15) is 0 Å². The number of rotatable bonds is 1. The third-order valence-corrected chi connectivity index (χ3v) is 7.53. The van der Waals surface area contributed by atoms with E-state index in [2.05, 4.69) is 41.3 Å². The van der Waals surface area contributed by atoms with Crippen molar-refractivity contribution in [2.45, 2.75) is 23.1 Å². The molecule has 1 rings (SSSR count).